The molecule has 1 aliphatic heterocycles. The summed E-state index contributed by atoms with van der Waals surface area (Å²) < 4.78 is 5.82. The molecule has 106 valence electrons. The summed E-state index contributed by atoms with van der Waals surface area (Å²) in [6, 6.07) is 7.54. The molecule has 2 N–H and O–H groups in total. The van der Waals surface area contributed by atoms with Gasteiger partial charge in [0.1, 0.15) is 5.75 Å². The maximum Gasteiger partial charge on any atom is 0.255 e. The van der Waals surface area contributed by atoms with Crippen molar-refractivity contribution in [2.24, 2.45) is 5.92 Å². The minimum atomic E-state index is -0.0521. The number of aromatic amines is 1. The van der Waals surface area contributed by atoms with Gasteiger partial charge < -0.3 is 15.0 Å². The van der Waals surface area contributed by atoms with Gasteiger partial charge in [-0.25, -0.2) is 0 Å². The zero-order valence-electron chi connectivity index (χ0n) is 11.5. The molecule has 0 atom stereocenters. The van der Waals surface area contributed by atoms with Crippen molar-refractivity contribution in [3.8, 4) is 5.75 Å². The number of fused-ring (bicyclic) bond motifs is 1. The summed E-state index contributed by atoms with van der Waals surface area (Å²) in [6.07, 6.45) is 5.27. The molecular weight excluding hydrogens is 252 g/mol. The number of pyridine rings is 1. The van der Waals surface area contributed by atoms with Gasteiger partial charge in [-0.1, -0.05) is 0 Å². The van der Waals surface area contributed by atoms with Gasteiger partial charge in [0.25, 0.3) is 5.56 Å². The molecule has 0 saturated carbocycles. The topological polar surface area (TPSA) is 54.1 Å². The summed E-state index contributed by atoms with van der Waals surface area (Å²) in [5.74, 6) is 1.62. The molecule has 3 rings (SSSR count). The first-order valence-corrected chi connectivity index (χ1v) is 7.28. The highest BCUT2D eigenvalue weighted by molar-refractivity contribution is 5.82. The van der Waals surface area contributed by atoms with E-state index in [9.17, 15) is 4.79 Å². The van der Waals surface area contributed by atoms with Crippen LogP contribution in [0.15, 0.2) is 35.3 Å². The average molecular weight is 272 g/mol. The van der Waals surface area contributed by atoms with E-state index in [1.165, 1.54) is 12.8 Å². The van der Waals surface area contributed by atoms with Crippen LogP contribution in [0.5, 0.6) is 5.75 Å². The Morgan fingerprint density at radius 2 is 2.05 bits per heavy atom. The predicted octanol–water partition coefficient (Wildman–Crippen LogP) is 2.30. The number of rotatable bonds is 4. The molecule has 1 saturated heterocycles. The fraction of sp³-hybridized carbons (Fsp3) is 0.438. The lowest BCUT2D eigenvalue weighted by molar-refractivity contribution is 0.252. The standard InChI is InChI=1S/C16H20N2O2/c19-16-15-2-1-14(11-13(15)5-9-18-16)20-10-6-12-3-7-17-8-4-12/h1-2,5,9,11-12,17H,3-4,6-8,10H2,(H,18,19). The molecule has 0 unspecified atom stereocenters. The quantitative estimate of drug-likeness (QED) is 0.898. The Morgan fingerprint density at radius 3 is 2.90 bits per heavy atom. The van der Waals surface area contributed by atoms with Crippen LogP contribution >= 0.6 is 0 Å². The van der Waals surface area contributed by atoms with Gasteiger partial charge in [-0.15, -0.1) is 0 Å². The van der Waals surface area contributed by atoms with Crippen molar-refractivity contribution in [2.45, 2.75) is 19.3 Å². The Kier molecular flexibility index (Phi) is 4.02. The summed E-state index contributed by atoms with van der Waals surface area (Å²) >= 11 is 0. The van der Waals surface area contributed by atoms with E-state index in [2.05, 4.69) is 10.3 Å². The van der Waals surface area contributed by atoms with Crippen LogP contribution in [0.1, 0.15) is 19.3 Å². The molecule has 0 radical (unpaired) electrons. The zero-order valence-corrected chi connectivity index (χ0v) is 11.5. The van der Waals surface area contributed by atoms with Gasteiger partial charge in [0.2, 0.25) is 0 Å². The van der Waals surface area contributed by atoms with Crippen LogP contribution in [0.4, 0.5) is 0 Å². The second kappa shape index (κ2) is 6.09. The summed E-state index contributed by atoms with van der Waals surface area (Å²) in [7, 11) is 0. The van der Waals surface area contributed by atoms with Crippen molar-refractivity contribution < 1.29 is 4.74 Å². The second-order valence-electron chi connectivity index (χ2n) is 5.39. The molecule has 1 aliphatic rings. The lowest BCUT2D eigenvalue weighted by atomic mass is 9.95. The third-order valence-electron chi connectivity index (χ3n) is 4.00. The second-order valence-corrected chi connectivity index (χ2v) is 5.39. The maximum absolute atomic E-state index is 11.6. The molecule has 1 aromatic heterocycles. The Balaban J connectivity index is 1.61. The van der Waals surface area contributed by atoms with Gasteiger partial charge in [-0.3, -0.25) is 4.79 Å². The highest BCUT2D eigenvalue weighted by Gasteiger charge is 2.12. The molecule has 20 heavy (non-hydrogen) atoms. The molecular formula is C16H20N2O2. The number of nitrogens with one attached hydrogen (secondary N) is 2. The van der Waals surface area contributed by atoms with Gasteiger partial charge >= 0.3 is 0 Å². The number of hydrogen-bond acceptors (Lipinski definition) is 3. The zero-order chi connectivity index (χ0) is 13.8. The third-order valence-corrected chi connectivity index (χ3v) is 4.00. The summed E-state index contributed by atoms with van der Waals surface area (Å²) in [6.45, 7) is 3.01. The average Bonchev–Trinajstić information content (AvgIpc) is 2.48. The summed E-state index contributed by atoms with van der Waals surface area (Å²) in [5.41, 5.74) is -0.0521. The van der Waals surface area contributed by atoms with Crippen molar-refractivity contribution in [1.82, 2.24) is 10.3 Å². The lowest BCUT2D eigenvalue weighted by Gasteiger charge is -2.22. The van der Waals surface area contributed by atoms with Gasteiger partial charge in [-0.05, 0) is 67.9 Å². The van der Waals surface area contributed by atoms with E-state index < -0.39 is 0 Å². The van der Waals surface area contributed by atoms with E-state index in [0.717, 1.165) is 43.2 Å². The van der Waals surface area contributed by atoms with E-state index in [1.807, 2.05) is 24.3 Å². The van der Waals surface area contributed by atoms with Crippen molar-refractivity contribution in [3.05, 3.63) is 40.8 Å². The monoisotopic (exact) mass is 272 g/mol. The minimum Gasteiger partial charge on any atom is -0.494 e. The fourth-order valence-electron chi connectivity index (χ4n) is 2.77. The van der Waals surface area contributed by atoms with Gasteiger partial charge in [0.05, 0.1) is 6.61 Å². The van der Waals surface area contributed by atoms with Crippen LogP contribution in [0, 0.1) is 5.92 Å². The Bertz CT molecular complexity index is 630. The van der Waals surface area contributed by atoms with Crippen LogP contribution in [-0.4, -0.2) is 24.7 Å². The van der Waals surface area contributed by atoms with E-state index in [-0.39, 0.29) is 5.56 Å². The minimum absolute atomic E-state index is 0.0521. The Morgan fingerprint density at radius 1 is 1.20 bits per heavy atom. The molecule has 0 amide bonds. The normalized spacial score (nSPS) is 16.4. The Labute approximate surface area is 118 Å². The highest BCUT2D eigenvalue weighted by Crippen LogP contribution is 2.20. The van der Waals surface area contributed by atoms with E-state index in [4.69, 9.17) is 4.74 Å². The maximum atomic E-state index is 11.6. The van der Waals surface area contributed by atoms with Crippen molar-refractivity contribution in [3.63, 3.8) is 0 Å². The molecule has 0 aliphatic carbocycles. The number of aromatic nitrogens is 1. The molecule has 4 heteroatoms. The number of ether oxygens (including phenoxy) is 1. The first-order chi connectivity index (χ1) is 9.83. The van der Waals surface area contributed by atoms with E-state index >= 15 is 0 Å². The largest absolute Gasteiger partial charge is 0.494 e. The van der Waals surface area contributed by atoms with Crippen molar-refractivity contribution >= 4 is 10.8 Å². The smallest absolute Gasteiger partial charge is 0.255 e. The molecule has 2 aromatic rings. The number of benzene rings is 1. The molecule has 1 aromatic carbocycles. The Hall–Kier alpha value is -1.81. The lowest BCUT2D eigenvalue weighted by Crippen LogP contribution is -2.28. The van der Waals surface area contributed by atoms with Crippen molar-refractivity contribution in [2.75, 3.05) is 19.7 Å². The number of hydrogen-bond donors (Lipinski definition) is 2. The SMILES string of the molecule is O=c1[nH]ccc2cc(OCCC3CCNCC3)ccc12. The summed E-state index contributed by atoms with van der Waals surface area (Å²) in [5, 5.41) is 5.01. The molecule has 1 fully saturated rings. The van der Waals surface area contributed by atoms with Crippen LogP contribution in [0.25, 0.3) is 10.8 Å². The van der Waals surface area contributed by atoms with Crippen LogP contribution in [0.3, 0.4) is 0 Å². The first kappa shape index (κ1) is 13.2. The molecule has 2 heterocycles. The molecule has 4 nitrogen and oxygen atoms in total. The fourth-order valence-corrected chi connectivity index (χ4v) is 2.77. The van der Waals surface area contributed by atoms with Crippen LogP contribution in [0.2, 0.25) is 0 Å². The third kappa shape index (κ3) is 3.02. The van der Waals surface area contributed by atoms with E-state index in [0.29, 0.717) is 5.39 Å². The molecule has 0 bridgehead atoms. The van der Waals surface area contributed by atoms with Gasteiger partial charge in [0, 0.05) is 11.6 Å². The van der Waals surface area contributed by atoms with Gasteiger partial charge in [-0.2, -0.15) is 0 Å². The first-order valence-electron chi connectivity index (χ1n) is 7.28. The van der Waals surface area contributed by atoms with Crippen LogP contribution in [-0.2, 0) is 0 Å². The molecule has 0 spiro atoms. The highest BCUT2D eigenvalue weighted by atomic mass is 16.5. The number of piperidine rings is 1. The van der Waals surface area contributed by atoms with Crippen LogP contribution < -0.4 is 15.6 Å². The van der Waals surface area contributed by atoms with E-state index in [1.54, 1.807) is 6.20 Å². The van der Waals surface area contributed by atoms with Crippen molar-refractivity contribution in [1.29, 1.82) is 0 Å². The number of H-pyrrole nitrogens is 1. The predicted molar refractivity (Wildman–Crippen MR) is 80.3 cm³/mol. The van der Waals surface area contributed by atoms with Gasteiger partial charge in [0.15, 0.2) is 0 Å². The summed E-state index contributed by atoms with van der Waals surface area (Å²) in [4.78, 5) is 14.3.